The molecule has 5 nitrogen and oxygen atoms in total. The van der Waals surface area contributed by atoms with Crippen LogP contribution in [0, 0.1) is 0 Å². The van der Waals surface area contributed by atoms with Crippen molar-refractivity contribution in [1.29, 1.82) is 0 Å². The number of para-hydroxylation sites is 1. The van der Waals surface area contributed by atoms with Crippen LogP contribution in [-0.2, 0) is 0 Å². The Morgan fingerprint density at radius 2 is 1.89 bits per heavy atom. The highest BCUT2D eigenvalue weighted by atomic mass is 32.1. The lowest BCUT2D eigenvalue weighted by Crippen LogP contribution is -2.33. The Bertz CT molecular complexity index is 1050. The first-order chi connectivity index (χ1) is 13.4. The van der Waals surface area contributed by atoms with Gasteiger partial charge in [-0.3, -0.25) is 0 Å². The summed E-state index contributed by atoms with van der Waals surface area (Å²) in [5.74, 6) is 2.45. The van der Waals surface area contributed by atoms with Crippen molar-refractivity contribution in [2.45, 2.75) is 18.7 Å². The van der Waals surface area contributed by atoms with Crippen LogP contribution in [-0.4, -0.2) is 17.5 Å². The van der Waals surface area contributed by atoms with Gasteiger partial charge in [0.15, 0.2) is 11.5 Å². The largest absolute Gasteiger partial charge is 0.464 e. The smallest absolute Gasteiger partial charge is 0.231 e. The van der Waals surface area contributed by atoms with Gasteiger partial charge in [0, 0.05) is 17.5 Å². The molecule has 3 aliphatic rings. The van der Waals surface area contributed by atoms with Gasteiger partial charge < -0.3 is 14.2 Å². The number of hydrazone groups is 1. The minimum absolute atomic E-state index is 0.169. The first-order valence-corrected chi connectivity index (χ1v) is 9.79. The average Bonchev–Trinajstić information content (AvgIpc) is 3.46. The molecule has 0 aliphatic carbocycles. The number of thiophene rings is 1. The fourth-order valence-electron chi connectivity index (χ4n) is 3.91. The number of nitrogens with zero attached hydrogens (tertiary/aromatic N) is 2. The van der Waals surface area contributed by atoms with Gasteiger partial charge in [-0.05, 0) is 35.7 Å². The topological polar surface area (TPSA) is 43.3 Å². The highest BCUT2D eigenvalue weighted by molar-refractivity contribution is 7.12. The molecule has 0 N–H and O–H groups in total. The number of hydrogen-bond acceptors (Lipinski definition) is 6. The monoisotopic (exact) mass is 376 g/mol. The first-order valence-electron chi connectivity index (χ1n) is 8.92. The molecule has 0 spiro atoms. The van der Waals surface area contributed by atoms with Crippen LogP contribution in [0.5, 0.6) is 17.2 Å². The summed E-state index contributed by atoms with van der Waals surface area (Å²) in [4.78, 5) is 1.21. The van der Waals surface area contributed by atoms with E-state index in [-0.39, 0.29) is 19.1 Å². The van der Waals surface area contributed by atoms with Crippen molar-refractivity contribution < 1.29 is 14.2 Å². The van der Waals surface area contributed by atoms with Gasteiger partial charge in [0.05, 0.1) is 16.6 Å². The number of fused-ring (bicyclic) bond motifs is 4. The Labute approximate surface area is 160 Å². The Kier molecular flexibility index (Phi) is 3.22. The molecule has 27 heavy (non-hydrogen) atoms. The maximum atomic E-state index is 6.38. The van der Waals surface area contributed by atoms with Gasteiger partial charge in [-0.25, -0.2) is 5.01 Å². The zero-order valence-electron chi connectivity index (χ0n) is 14.4. The van der Waals surface area contributed by atoms with Crippen molar-refractivity contribution in [3.8, 4) is 17.2 Å². The Balaban J connectivity index is 1.45. The van der Waals surface area contributed by atoms with Gasteiger partial charge in [-0.15, -0.1) is 11.3 Å². The number of rotatable bonds is 2. The van der Waals surface area contributed by atoms with Crippen molar-refractivity contribution in [3.05, 3.63) is 76.0 Å². The standard InChI is InChI=1S/C21H16N2O3S/c1-2-5-17-14(4-1)16-11-15(20-6-3-9-27-20)22-23(16)21(26-17)13-7-8-18-19(10-13)25-12-24-18/h1-10,16,21H,11-12H2/t16-,21+/m1/s1. The maximum Gasteiger partial charge on any atom is 0.231 e. The number of hydrogen-bond donors (Lipinski definition) is 0. The van der Waals surface area contributed by atoms with E-state index in [1.54, 1.807) is 11.3 Å². The molecule has 0 saturated heterocycles. The molecule has 0 unspecified atom stereocenters. The van der Waals surface area contributed by atoms with Crippen molar-refractivity contribution in [2.75, 3.05) is 6.79 Å². The summed E-state index contributed by atoms with van der Waals surface area (Å²) < 4.78 is 17.4. The van der Waals surface area contributed by atoms with E-state index in [9.17, 15) is 0 Å². The van der Waals surface area contributed by atoms with Gasteiger partial charge in [-0.1, -0.05) is 24.3 Å². The molecule has 6 rings (SSSR count). The van der Waals surface area contributed by atoms with E-state index in [0.717, 1.165) is 34.9 Å². The Morgan fingerprint density at radius 3 is 2.81 bits per heavy atom. The molecule has 0 saturated carbocycles. The molecule has 0 bridgehead atoms. The third kappa shape index (κ3) is 2.33. The van der Waals surface area contributed by atoms with Gasteiger partial charge >= 0.3 is 0 Å². The lowest BCUT2D eigenvalue weighted by molar-refractivity contribution is -0.0191. The van der Waals surface area contributed by atoms with Crippen molar-refractivity contribution in [3.63, 3.8) is 0 Å². The third-order valence-corrected chi connectivity index (χ3v) is 6.11. The molecule has 4 heterocycles. The van der Waals surface area contributed by atoms with E-state index in [2.05, 4.69) is 34.7 Å². The van der Waals surface area contributed by atoms with Crippen LogP contribution in [0.1, 0.15) is 34.7 Å². The van der Waals surface area contributed by atoms with Crippen molar-refractivity contribution in [2.24, 2.45) is 5.10 Å². The predicted molar refractivity (Wildman–Crippen MR) is 102 cm³/mol. The molecule has 0 radical (unpaired) electrons. The summed E-state index contributed by atoms with van der Waals surface area (Å²) >= 11 is 1.73. The minimum Gasteiger partial charge on any atom is -0.464 e. The Morgan fingerprint density at radius 1 is 0.963 bits per heavy atom. The van der Waals surface area contributed by atoms with Crippen LogP contribution in [0.25, 0.3) is 0 Å². The summed E-state index contributed by atoms with van der Waals surface area (Å²) in [7, 11) is 0. The molecule has 3 aliphatic heterocycles. The lowest BCUT2D eigenvalue weighted by atomic mass is 9.97. The van der Waals surface area contributed by atoms with Crippen LogP contribution in [0.15, 0.2) is 65.1 Å². The number of benzene rings is 2. The molecular formula is C21H16N2O3S. The second kappa shape index (κ2) is 5.76. The second-order valence-corrected chi connectivity index (χ2v) is 7.69. The maximum absolute atomic E-state index is 6.38. The van der Waals surface area contributed by atoms with E-state index in [4.69, 9.17) is 19.3 Å². The summed E-state index contributed by atoms with van der Waals surface area (Å²) in [6.07, 6.45) is 0.582. The molecule has 0 fully saturated rings. The van der Waals surface area contributed by atoms with Crippen LogP contribution >= 0.6 is 11.3 Å². The predicted octanol–water partition coefficient (Wildman–Crippen LogP) is 4.72. The van der Waals surface area contributed by atoms with Crippen LogP contribution in [0.4, 0.5) is 0 Å². The lowest BCUT2D eigenvalue weighted by Gasteiger charge is -2.38. The fraction of sp³-hybridized carbons (Fsp3) is 0.190. The zero-order valence-corrected chi connectivity index (χ0v) is 15.2. The minimum atomic E-state index is -0.295. The summed E-state index contributed by atoms with van der Waals surface area (Å²) in [6, 6.07) is 18.6. The highest BCUT2D eigenvalue weighted by Gasteiger charge is 2.41. The molecule has 2 aromatic carbocycles. The fourth-order valence-corrected chi connectivity index (χ4v) is 4.63. The average molecular weight is 376 g/mol. The van der Waals surface area contributed by atoms with E-state index in [0.29, 0.717) is 0 Å². The Hall–Kier alpha value is -2.99. The second-order valence-electron chi connectivity index (χ2n) is 6.74. The molecule has 6 heteroatoms. The van der Waals surface area contributed by atoms with Crippen molar-refractivity contribution >= 4 is 17.0 Å². The molecule has 0 amide bonds. The van der Waals surface area contributed by atoms with Crippen LogP contribution in [0.3, 0.4) is 0 Å². The van der Waals surface area contributed by atoms with E-state index < -0.39 is 0 Å². The van der Waals surface area contributed by atoms with Crippen LogP contribution < -0.4 is 14.2 Å². The van der Waals surface area contributed by atoms with E-state index in [1.807, 2.05) is 30.3 Å². The first kappa shape index (κ1) is 15.1. The summed E-state index contributed by atoms with van der Waals surface area (Å²) in [5, 5.41) is 9.15. The van der Waals surface area contributed by atoms with Gasteiger partial charge in [-0.2, -0.15) is 5.10 Å². The number of ether oxygens (including phenoxy) is 3. The molecule has 3 aromatic rings. The molecular weight excluding hydrogens is 360 g/mol. The zero-order chi connectivity index (χ0) is 17.8. The normalized spacial score (nSPS) is 22.1. The summed E-state index contributed by atoms with van der Waals surface area (Å²) in [6.45, 7) is 0.264. The molecule has 2 atom stereocenters. The van der Waals surface area contributed by atoms with Gasteiger partial charge in [0.25, 0.3) is 0 Å². The van der Waals surface area contributed by atoms with E-state index >= 15 is 0 Å². The quantitative estimate of drug-likeness (QED) is 0.649. The van der Waals surface area contributed by atoms with Crippen LogP contribution in [0.2, 0.25) is 0 Å². The summed E-state index contributed by atoms with van der Waals surface area (Å²) in [5.41, 5.74) is 3.31. The van der Waals surface area contributed by atoms with Crippen molar-refractivity contribution in [1.82, 2.24) is 5.01 Å². The van der Waals surface area contributed by atoms with Gasteiger partial charge in [0.2, 0.25) is 13.0 Å². The molecule has 134 valence electrons. The van der Waals surface area contributed by atoms with Gasteiger partial charge in [0.1, 0.15) is 5.75 Å². The van der Waals surface area contributed by atoms with E-state index in [1.165, 1.54) is 10.4 Å². The highest BCUT2D eigenvalue weighted by Crippen LogP contribution is 2.48. The third-order valence-electron chi connectivity index (χ3n) is 5.19. The molecule has 1 aromatic heterocycles. The SMILES string of the molecule is c1csc(C2=NN3[C@H](C2)c2ccccc2O[C@H]3c2ccc3c(c2)OCO3)c1.